The van der Waals surface area contributed by atoms with Crippen molar-refractivity contribution in [3.05, 3.63) is 54.3 Å². The normalized spacial score (nSPS) is 17.7. The molecule has 0 bridgehead atoms. The van der Waals surface area contributed by atoms with Gasteiger partial charge in [-0.1, -0.05) is 0 Å². The van der Waals surface area contributed by atoms with Crippen LogP contribution in [0.2, 0.25) is 0 Å². The van der Waals surface area contributed by atoms with E-state index in [2.05, 4.69) is 4.74 Å². The van der Waals surface area contributed by atoms with Gasteiger partial charge < -0.3 is 9.47 Å². The van der Waals surface area contributed by atoms with Gasteiger partial charge in [0.25, 0.3) is 0 Å². The van der Waals surface area contributed by atoms with Crippen LogP contribution in [0.1, 0.15) is 6.42 Å². The summed E-state index contributed by atoms with van der Waals surface area (Å²) in [6.45, 7) is -0.379. The second-order valence-corrected chi connectivity index (χ2v) is 7.75. The Morgan fingerprint density at radius 1 is 1.07 bits per heavy atom. The summed E-state index contributed by atoms with van der Waals surface area (Å²) in [5.74, 6) is -0.791. The number of hydrogen-bond acceptors (Lipinski definition) is 6. The lowest BCUT2D eigenvalue weighted by Gasteiger charge is -2.21. The molecule has 2 aromatic rings. The van der Waals surface area contributed by atoms with Crippen molar-refractivity contribution >= 4 is 21.8 Å². The van der Waals surface area contributed by atoms with E-state index in [1.54, 1.807) is 0 Å². The topological polar surface area (TPSA) is 90.0 Å². The number of rotatable bonds is 5. The number of esters is 1. The average molecular weight is 393 g/mol. The van der Waals surface area contributed by atoms with Crippen LogP contribution < -0.4 is 4.74 Å². The lowest BCUT2D eigenvalue weighted by Crippen LogP contribution is -2.41. The Hall–Kier alpha value is -2.78. The Bertz CT molecular complexity index is 956. The summed E-state index contributed by atoms with van der Waals surface area (Å²) in [6, 6.07) is 9.69. The van der Waals surface area contributed by atoms with Crippen LogP contribution in [0.15, 0.2) is 53.4 Å². The highest BCUT2D eigenvalue weighted by Gasteiger charge is 2.44. The molecule has 7 nitrogen and oxygen atoms in total. The number of Topliss-reactive ketones (excluding diaryl/α,β-unsaturated/α-hetero) is 1. The van der Waals surface area contributed by atoms with Crippen molar-refractivity contribution < 1.29 is 31.9 Å². The third kappa shape index (κ3) is 3.99. The Morgan fingerprint density at radius 2 is 1.63 bits per heavy atom. The fourth-order valence-corrected chi connectivity index (χ4v) is 4.27. The van der Waals surface area contributed by atoms with E-state index in [0.717, 1.165) is 11.4 Å². The molecule has 1 saturated heterocycles. The standard InChI is InChI=1S/C18H16FNO6S/c1-25-18(22)17-10-13(21)11-20(17)27(23,24)16-8-6-15(7-9-16)26-14-4-2-12(19)3-5-14/h2-9,17H,10-11H2,1H3/t17-/m1/s1. The molecule has 1 aliphatic rings. The second-order valence-electron chi connectivity index (χ2n) is 5.86. The monoisotopic (exact) mass is 393 g/mol. The molecular formula is C18H16FNO6S. The summed E-state index contributed by atoms with van der Waals surface area (Å²) in [5.41, 5.74) is 0. The molecule has 0 unspecified atom stereocenters. The van der Waals surface area contributed by atoms with Crippen molar-refractivity contribution in [2.24, 2.45) is 0 Å². The van der Waals surface area contributed by atoms with Gasteiger partial charge in [-0.2, -0.15) is 4.31 Å². The van der Waals surface area contributed by atoms with Crippen molar-refractivity contribution in [2.75, 3.05) is 13.7 Å². The molecule has 2 aromatic carbocycles. The van der Waals surface area contributed by atoms with Crippen LogP contribution in [-0.4, -0.2) is 44.2 Å². The second kappa shape index (κ2) is 7.45. The van der Waals surface area contributed by atoms with E-state index >= 15 is 0 Å². The van der Waals surface area contributed by atoms with Crippen molar-refractivity contribution in [3.8, 4) is 11.5 Å². The Balaban J connectivity index is 1.81. The molecule has 0 amide bonds. The van der Waals surface area contributed by atoms with Gasteiger partial charge in [-0.15, -0.1) is 0 Å². The van der Waals surface area contributed by atoms with Gasteiger partial charge in [-0.3, -0.25) is 9.59 Å². The number of halogens is 1. The molecule has 1 heterocycles. The molecule has 0 N–H and O–H groups in total. The average Bonchev–Trinajstić information content (AvgIpc) is 3.06. The molecule has 9 heteroatoms. The first-order valence-corrected chi connectivity index (χ1v) is 9.40. The van der Waals surface area contributed by atoms with Crippen LogP contribution in [0.3, 0.4) is 0 Å². The lowest BCUT2D eigenvalue weighted by molar-refractivity contribution is -0.144. The van der Waals surface area contributed by atoms with Crippen LogP contribution in [0.25, 0.3) is 0 Å². The molecule has 0 saturated carbocycles. The summed E-state index contributed by atoms with van der Waals surface area (Å²) in [4.78, 5) is 23.4. The van der Waals surface area contributed by atoms with E-state index in [1.165, 1.54) is 48.5 Å². The Labute approximate surface area is 155 Å². The highest BCUT2D eigenvalue weighted by molar-refractivity contribution is 7.89. The quantitative estimate of drug-likeness (QED) is 0.723. The third-order valence-corrected chi connectivity index (χ3v) is 5.92. The minimum absolute atomic E-state index is 0.0856. The SMILES string of the molecule is COC(=O)[C@H]1CC(=O)CN1S(=O)(=O)c1ccc(Oc2ccc(F)cc2)cc1. The molecule has 0 aromatic heterocycles. The maximum Gasteiger partial charge on any atom is 0.324 e. The summed E-state index contributed by atoms with van der Waals surface area (Å²) in [7, 11) is -2.93. The summed E-state index contributed by atoms with van der Waals surface area (Å²) in [5, 5.41) is 0. The molecule has 1 aliphatic heterocycles. The number of methoxy groups -OCH3 is 1. The van der Waals surface area contributed by atoms with Crippen LogP contribution in [-0.2, 0) is 24.3 Å². The number of carbonyl (C=O) groups is 2. The number of nitrogens with zero attached hydrogens (tertiary/aromatic N) is 1. The molecule has 1 fully saturated rings. The van der Waals surface area contributed by atoms with Crippen molar-refractivity contribution in [1.82, 2.24) is 4.31 Å². The molecule has 0 radical (unpaired) electrons. The molecule has 1 atom stereocenters. The minimum atomic E-state index is -4.06. The van der Waals surface area contributed by atoms with Crippen molar-refractivity contribution in [1.29, 1.82) is 0 Å². The zero-order valence-electron chi connectivity index (χ0n) is 14.3. The van der Waals surface area contributed by atoms with Gasteiger partial charge in [-0.25, -0.2) is 12.8 Å². The van der Waals surface area contributed by atoms with E-state index in [1.807, 2.05) is 0 Å². The molecule has 142 valence electrons. The first-order chi connectivity index (χ1) is 12.8. The van der Waals surface area contributed by atoms with E-state index in [9.17, 15) is 22.4 Å². The Kier molecular flexibility index (Phi) is 5.24. The molecule has 27 heavy (non-hydrogen) atoms. The first-order valence-electron chi connectivity index (χ1n) is 7.96. The van der Waals surface area contributed by atoms with Gasteiger partial charge >= 0.3 is 5.97 Å². The van der Waals surface area contributed by atoms with Crippen molar-refractivity contribution in [2.45, 2.75) is 17.4 Å². The number of benzene rings is 2. The van der Waals surface area contributed by atoms with Gasteiger partial charge in [0, 0.05) is 6.42 Å². The number of hydrogen-bond donors (Lipinski definition) is 0. The lowest BCUT2D eigenvalue weighted by atomic mass is 10.2. The predicted molar refractivity (Wildman–Crippen MR) is 92.2 cm³/mol. The maximum atomic E-state index is 12.9. The number of sulfonamides is 1. The fraction of sp³-hybridized carbons (Fsp3) is 0.222. The summed E-state index contributed by atoms with van der Waals surface area (Å²) >= 11 is 0. The van der Waals surface area contributed by atoms with E-state index < -0.39 is 27.9 Å². The van der Waals surface area contributed by atoms with Gasteiger partial charge in [0.1, 0.15) is 29.1 Å². The molecule has 0 spiro atoms. The number of ether oxygens (including phenoxy) is 2. The Morgan fingerprint density at radius 3 is 2.19 bits per heavy atom. The predicted octanol–water partition coefficient (Wildman–Crippen LogP) is 2.12. The first kappa shape index (κ1) is 19.0. The van der Waals surface area contributed by atoms with Gasteiger partial charge in [-0.05, 0) is 48.5 Å². The fourth-order valence-electron chi connectivity index (χ4n) is 2.71. The zero-order chi connectivity index (χ0) is 19.6. The van der Waals surface area contributed by atoms with E-state index in [4.69, 9.17) is 4.74 Å². The highest BCUT2D eigenvalue weighted by atomic mass is 32.2. The highest BCUT2D eigenvalue weighted by Crippen LogP contribution is 2.28. The van der Waals surface area contributed by atoms with E-state index in [-0.39, 0.29) is 23.6 Å². The third-order valence-electron chi connectivity index (χ3n) is 4.05. The van der Waals surface area contributed by atoms with Crippen molar-refractivity contribution in [3.63, 3.8) is 0 Å². The maximum absolute atomic E-state index is 12.9. The number of carbonyl (C=O) groups excluding carboxylic acids is 2. The smallest absolute Gasteiger partial charge is 0.324 e. The van der Waals surface area contributed by atoms with Crippen LogP contribution in [0.5, 0.6) is 11.5 Å². The van der Waals surface area contributed by atoms with E-state index in [0.29, 0.717) is 11.5 Å². The molecular weight excluding hydrogens is 377 g/mol. The zero-order valence-corrected chi connectivity index (χ0v) is 15.1. The number of ketones is 1. The minimum Gasteiger partial charge on any atom is -0.468 e. The van der Waals surface area contributed by atoms with Gasteiger partial charge in [0.15, 0.2) is 0 Å². The summed E-state index contributed by atoms with van der Waals surface area (Å²) < 4.78 is 49.5. The molecule has 0 aliphatic carbocycles. The largest absolute Gasteiger partial charge is 0.468 e. The van der Waals surface area contributed by atoms with Crippen LogP contribution in [0, 0.1) is 5.82 Å². The van der Waals surface area contributed by atoms with Crippen LogP contribution >= 0.6 is 0 Å². The van der Waals surface area contributed by atoms with Gasteiger partial charge in [0.05, 0.1) is 18.6 Å². The summed E-state index contributed by atoms with van der Waals surface area (Å²) in [6.07, 6.45) is -0.211. The molecule has 3 rings (SSSR count). The van der Waals surface area contributed by atoms with Gasteiger partial charge in [0.2, 0.25) is 10.0 Å². The van der Waals surface area contributed by atoms with Crippen LogP contribution in [0.4, 0.5) is 4.39 Å².